The second-order valence-corrected chi connectivity index (χ2v) is 9.27. The number of fused-ring (bicyclic) bond motifs is 1. The highest BCUT2D eigenvalue weighted by Crippen LogP contribution is 2.41. The van der Waals surface area contributed by atoms with Gasteiger partial charge in [0.1, 0.15) is 17.6 Å². The van der Waals surface area contributed by atoms with E-state index in [9.17, 15) is 9.59 Å². The fourth-order valence-corrected chi connectivity index (χ4v) is 5.62. The number of hydrogen-bond acceptors (Lipinski definition) is 6. The molecule has 180 valence electrons. The van der Waals surface area contributed by atoms with Crippen LogP contribution in [0.5, 0.6) is 5.75 Å². The molecule has 0 spiro atoms. The predicted octanol–water partition coefficient (Wildman–Crippen LogP) is 3.34. The van der Waals surface area contributed by atoms with E-state index >= 15 is 0 Å². The molecule has 1 aromatic carbocycles. The number of methoxy groups -OCH3 is 1. The molecule has 3 atom stereocenters. The van der Waals surface area contributed by atoms with E-state index in [1.54, 1.807) is 25.4 Å². The van der Waals surface area contributed by atoms with E-state index < -0.39 is 6.04 Å². The normalized spacial score (nSPS) is 24.4. The highest BCUT2D eigenvalue weighted by Gasteiger charge is 2.48. The minimum atomic E-state index is -0.522. The monoisotopic (exact) mass is 464 g/mol. The minimum Gasteiger partial charge on any atom is -0.496 e. The maximum absolute atomic E-state index is 13.7. The summed E-state index contributed by atoms with van der Waals surface area (Å²) in [7, 11) is 1.57. The summed E-state index contributed by atoms with van der Waals surface area (Å²) in [4.78, 5) is 35.7. The van der Waals surface area contributed by atoms with Crippen LogP contribution in [-0.2, 0) is 9.53 Å². The van der Waals surface area contributed by atoms with Crippen LogP contribution in [0.4, 0.5) is 11.5 Å². The Morgan fingerprint density at radius 1 is 1.09 bits per heavy atom. The third kappa shape index (κ3) is 4.46. The summed E-state index contributed by atoms with van der Waals surface area (Å²) in [6.45, 7) is 3.08. The molecule has 5 rings (SSSR count). The number of anilines is 2. The average Bonchev–Trinajstić information content (AvgIpc) is 3.29. The molecule has 1 saturated carbocycles. The Hall–Kier alpha value is -3.13. The van der Waals surface area contributed by atoms with Gasteiger partial charge in [0.15, 0.2) is 0 Å². The number of morpholine rings is 1. The molecular weight excluding hydrogens is 432 g/mol. The highest BCUT2D eigenvalue weighted by atomic mass is 16.5. The van der Waals surface area contributed by atoms with E-state index in [0.717, 1.165) is 44.5 Å². The van der Waals surface area contributed by atoms with Crippen LogP contribution >= 0.6 is 0 Å². The number of ether oxygens (including phenoxy) is 2. The van der Waals surface area contributed by atoms with Gasteiger partial charge < -0.3 is 24.6 Å². The zero-order valence-corrected chi connectivity index (χ0v) is 19.6. The maximum atomic E-state index is 13.7. The number of benzene rings is 1. The first-order valence-electron chi connectivity index (χ1n) is 12.2. The van der Waals surface area contributed by atoms with Crippen LogP contribution in [0, 0.1) is 5.92 Å². The second-order valence-electron chi connectivity index (χ2n) is 9.27. The van der Waals surface area contributed by atoms with E-state index in [0.29, 0.717) is 42.7 Å². The van der Waals surface area contributed by atoms with Crippen molar-refractivity contribution in [2.75, 3.05) is 43.6 Å². The average molecular weight is 465 g/mol. The van der Waals surface area contributed by atoms with E-state index in [1.165, 1.54) is 0 Å². The first-order chi connectivity index (χ1) is 16.7. The van der Waals surface area contributed by atoms with Gasteiger partial charge in [-0.3, -0.25) is 9.59 Å². The van der Waals surface area contributed by atoms with Crippen LogP contribution in [0.15, 0.2) is 42.6 Å². The molecule has 3 fully saturated rings. The molecule has 1 aliphatic carbocycles. The van der Waals surface area contributed by atoms with Crippen LogP contribution in [0.1, 0.15) is 42.5 Å². The van der Waals surface area contributed by atoms with E-state index in [2.05, 4.69) is 15.2 Å². The lowest BCUT2D eigenvalue weighted by Gasteiger charge is -2.34. The van der Waals surface area contributed by atoms with Gasteiger partial charge in [0.25, 0.3) is 5.91 Å². The van der Waals surface area contributed by atoms with Gasteiger partial charge in [-0.2, -0.15) is 0 Å². The fraction of sp³-hybridized carbons (Fsp3) is 0.500. The largest absolute Gasteiger partial charge is 0.496 e. The summed E-state index contributed by atoms with van der Waals surface area (Å²) in [5, 5.41) is 2.97. The van der Waals surface area contributed by atoms with Crippen molar-refractivity contribution in [3.05, 3.63) is 48.2 Å². The Balaban J connectivity index is 1.35. The molecule has 0 radical (unpaired) electrons. The third-order valence-corrected chi connectivity index (χ3v) is 7.34. The Labute approximate surface area is 200 Å². The third-order valence-electron chi connectivity index (χ3n) is 7.34. The lowest BCUT2D eigenvalue weighted by atomic mass is 9.84. The number of rotatable bonds is 5. The van der Waals surface area contributed by atoms with E-state index in [4.69, 9.17) is 9.47 Å². The Bertz CT molecular complexity index is 1020. The number of hydrogen-bond donors (Lipinski definition) is 1. The quantitative estimate of drug-likeness (QED) is 0.731. The van der Waals surface area contributed by atoms with Crippen molar-refractivity contribution in [2.24, 2.45) is 5.92 Å². The molecule has 2 aromatic rings. The number of carbonyl (C=O) groups excluding carboxylic acids is 2. The first-order valence-corrected chi connectivity index (χ1v) is 12.2. The standard InChI is InChI=1S/C26H32N4O4/c1-33-23-9-5-3-7-20(23)26(32)30-21-8-4-2-6-18(21)16-22(30)25(31)28-24-11-10-19(17-27-24)29-12-14-34-15-13-29/h3,5,7,9-11,17-18,21-22H,2,4,6,8,12-16H2,1H3,(H,27,28,31). The topological polar surface area (TPSA) is 84.0 Å². The predicted molar refractivity (Wildman–Crippen MR) is 129 cm³/mol. The zero-order chi connectivity index (χ0) is 23.5. The summed E-state index contributed by atoms with van der Waals surface area (Å²) in [5.74, 6) is 1.07. The smallest absolute Gasteiger partial charge is 0.258 e. The highest BCUT2D eigenvalue weighted by molar-refractivity contribution is 6.03. The number of amides is 2. The van der Waals surface area contributed by atoms with Crippen molar-refractivity contribution < 1.29 is 19.1 Å². The lowest BCUT2D eigenvalue weighted by Crippen LogP contribution is -2.48. The number of aromatic nitrogens is 1. The van der Waals surface area contributed by atoms with Crippen LogP contribution in [0.3, 0.4) is 0 Å². The second kappa shape index (κ2) is 10.0. The number of nitrogens with zero attached hydrogens (tertiary/aromatic N) is 3. The van der Waals surface area contributed by atoms with Gasteiger partial charge in [-0.15, -0.1) is 0 Å². The van der Waals surface area contributed by atoms with E-state index in [1.807, 2.05) is 29.2 Å². The SMILES string of the molecule is COc1ccccc1C(=O)N1C(C(=O)Nc2ccc(N3CCOCC3)cn2)CC2CCCCC21. The van der Waals surface area contributed by atoms with Crippen LogP contribution in [0.25, 0.3) is 0 Å². The summed E-state index contributed by atoms with van der Waals surface area (Å²) in [6, 6.07) is 10.6. The van der Waals surface area contributed by atoms with Gasteiger partial charge in [-0.05, 0) is 49.4 Å². The number of pyridine rings is 1. The van der Waals surface area contributed by atoms with Gasteiger partial charge in [0, 0.05) is 19.1 Å². The molecule has 1 aromatic heterocycles. The molecule has 8 heteroatoms. The molecule has 2 amide bonds. The molecule has 3 aliphatic rings. The molecule has 8 nitrogen and oxygen atoms in total. The van der Waals surface area contributed by atoms with Gasteiger partial charge in [0.2, 0.25) is 5.91 Å². The molecule has 3 unspecified atom stereocenters. The van der Waals surface area contributed by atoms with E-state index in [-0.39, 0.29) is 17.9 Å². The summed E-state index contributed by atoms with van der Waals surface area (Å²) < 4.78 is 10.9. The molecular formula is C26H32N4O4. The van der Waals surface area contributed by atoms with Gasteiger partial charge in [-0.1, -0.05) is 25.0 Å². The Morgan fingerprint density at radius 3 is 2.65 bits per heavy atom. The zero-order valence-electron chi connectivity index (χ0n) is 19.6. The number of likely N-dealkylation sites (tertiary alicyclic amines) is 1. The summed E-state index contributed by atoms with van der Waals surface area (Å²) >= 11 is 0. The van der Waals surface area contributed by atoms with Crippen molar-refractivity contribution in [1.29, 1.82) is 0 Å². The van der Waals surface area contributed by atoms with Crippen molar-refractivity contribution in [3.63, 3.8) is 0 Å². The van der Waals surface area contributed by atoms with Crippen molar-refractivity contribution in [3.8, 4) is 5.75 Å². The van der Waals surface area contributed by atoms with Crippen molar-refractivity contribution in [1.82, 2.24) is 9.88 Å². The van der Waals surface area contributed by atoms with Crippen molar-refractivity contribution in [2.45, 2.75) is 44.2 Å². The number of para-hydroxylation sites is 1. The van der Waals surface area contributed by atoms with Gasteiger partial charge in [-0.25, -0.2) is 4.98 Å². The Kier molecular flexibility index (Phi) is 6.67. The number of carbonyl (C=O) groups is 2. The molecule has 0 bridgehead atoms. The van der Waals surface area contributed by atoms with Gasteiger partial charge in [0.05, 0.1) is 37.8 Å². The maximum Gasteiger partial charge on any atom is 0.258 e. The molecule has 34 heavy (non-hydrogen) atoms. The molecule has 3 heterocycles. The number of nitrogens with one attached hydrogen (secondary N) is 1. The fourth-order valence-electron chi connectivity index (χ4n) is 5.62. The summed E-state index contributed by atoms with van der Waals surface area (Å²) in [5.41, 5.74) is 1.52. The minimum absolute atomic E-state index is 0.0820. The molecule has 1 N–H and O–H groups in total. The lowest BCUT2D eigenvalue weighted by molar-refractivity contribution is -0.120. The first kappa shape index (κ1) is 22.7. The Morgan fingerprint density at radius 2 is 1.88 bits per heavy atom. The van der Waals surface area contributed by atoms with Gasteiger partial charge >= 0.3 is 0 Å². The van der Waals surface area contributed by atoms with Crippen LogP contribution < -0.4 is 15.0 Å². The van der Waals surface area contributed by atoms with Crippen LogP contribution in [-0.4, -0.2) is 67.2 Å². The van der Waals surface area contributed by atoms with Crippen molar-refractivity contribution >= 4 is 23.3 Å². The van der Waals surface area contributed by atoms with Crippen LogP contribution in [0.2, 0.25) is 0 Å². The summed E-state index contributed by atoms with van der Waals surface area (Å²) in [6.07, 6.45) is 6.68. The molecule has 2 aliphatic heterocycles. The molecule has 2 saturated heterocycles.